The Bertz CT molecular complexity index is 1430. The molecule has 1 saturated heterocycles. The number of benzene rings is 2. The van der Waals surface area contributed by atoms with E-state index in [1.54, 1.807) is 6.07 Å². The van der Waals surface area contributed by atoms with Gasteiger partial charge in [0.25, 0.3) is 17.2 Å². The van der Waals surface area contributed by atoms with Gasteiger partial charge in [-0.1, -0.05) is 35.9 Å². The van der Waals surface area contributed by atoms with E-state index in [4.69, 9.17) is 0 Å². The number of H-pyrrole nitrogens is 1. The predicted octanol–water partition coefficient (Wildman–Crippen LogP) is 2.41. The van der Waals surface area contributed by atoms with Gasteiger partial charge in [0, 0.05) is 37.9 Å². The Kier molecular flexibility index (Phi) is 6.31. The molecular formula is C23H22N4O6S. The van der Waals surface area contributed by atoms with Gasteiger partial charge in [0.2, 0.25) is 10.0 Å². The molecule has 4 rings (SSSR count). The van der Waals surface area contributed by atoms with E-state index in [-0.39, 0.29) is 36.6 Å². The lowest BCUT2D eigenvalue weighted by Crippen LogP contribution is -2.51. The summed E-state index contributed by atoms with van der Waals surface area (Å²) in [4.78, 5) is 39.8. The summed E-state index contributed by atoms with van der Waals surface area (Å²) in [5.74, 6) is -0.500. The van der Waals surface area contributed by atoms with Gasteiger partial charge in [0.05, 0.1) is 4.92 Å². The number of nitrogens with one attached hydrogen (secondary N) is 1. The van der Waals surface area contributed by atoms with E-state index in [1.807, 2.05) is 31.2 Å². The van der Waals surface area contributed by atoms with Crippen molar-refractivity contribution < 1.29 is 18.1 Å². The Morgan fingerprint density at radius 1 is 1.00 bits per heavy atom. The molecule has 10 nitrogen and oxygen atoms in total. The predicted molar refractivity (Wildman–Crippen MR) is 125 cm³/mol. The molecule has 2 heterocycles. The molecule has 1 aliphatic rings. The molecule has 0 bridgehead atoms. The third-order valence-corrected chi connectivity index (χ3v) is 7.62. The molecule has 176 valence electrons. The number of carbonyl (C=O) groups excluding carboxylic acids is 1. The van der Waals surface area contributed by atoms with Gasteiger partial charge in [-0.3, -0.25) is 19.7 Å². The molecule has 1 fully saturated rings. The maximum absolute atomic E-state index is 13.0. The zero-order chi connectivity index (χ0) is 24.5. The molecule has 34 heavy (non-hydrogen) atoms. The first-order chi connectivity index (χ1) is 16.2. The molecule has 0 saturated carbocycles. The van der Waals surface area contributed by atoms with Crippen LogP contribution in [0, 0.1) is 17.0 Å². The van der Waals surface area contributed by atoms with Crippen LogP contribution in [0.5, 0.6) is 0 Å². The fourth-order valence-corrected chi connectivity index (χ4v) is 5.47. The zero-order valence-corrected chi connectivity index (χ0v) is 19.1. The number of para-hydroxylation sites is 1. The second-order valence-corrected chi connectivity index (χ2v) is 9.81. The summed E-state index contributed by atoms with van der Waals surface area (Å²) < 4.78 is 27.1. The Labute approximate surface area is 195 Å². The fourth-order valence-electron chi connectivity index (χ4n) is 3.89. The number of nitro benzene ring substituents is 1. The van der Waals surface area contributed by atoms with Crippen LogP contribution < -0.4 is 5.56 Å². The lowest BCUT2D eigenvalue weighted by Gasteiger charge is -2.33. The fraction of sp³-hybridized carbons (Fsp3) is 0.217. The van der Waals surface area contributed by atoms with E-state index in [1.165, 1.54) is 29.2 Å². The summed E-state index contributed by atoms with van der Waals surface area (Å²) in [6, 6.07) is 15.9. The number of pyridine rings is 1. The van der Waals surface area contributed by atoms with Gasteiger partial charge in [0.1, 0.15) is 5.56 Å². The van der Waals surface area contributed by atoms with Crippen molar-refractivity contribution in [1.29, 1.82) is 0 Å². The third kappa shape index (κ3) is 4.47. The van der Waals surface area contributed by atoms with E-state index in [2.05, 4.69) is 4.98 Å². The molecule has 11 heteroatoms. The number of aromatic nitrogens is 1. The number of rotatable bonds is 5. The summed E-state index contributed by atoms with van der Waals surface area (Å²) in [7, 11) is -4.11. The lowest BCUT2D eigenvalue weighted by atomic mass is 10.1. The van der Waals surface area contributed by atoms with Gasteiger partial charge in [-0.25, -0.2) is 8.42 Å². The molecule has 0 spiro atoms. The highest BCUT2D eigenvalue weighted by Gasteiger charge is 2.34. The minimum Gasteiger partial charge on any atom is -0.336 e. The Hall–Kier alpha value is -3.83. The second-order valence-electron chi connectivity index (χ2n) is 7.91. The van der Waals surface area contributed by atoms with Crippen LogP contribution in [0.1, 0.15) is 15.9 Å². The average molecular weight is 483 g/mol. The summed E-state index contributed by atoms with van der Waals surface area (Å²) >= 11 is 0. The number of sulfonamides is 1. The van der Waals surface area contributed by atoms with Crippen LogP contribution in [-0.2, 0) is 10.0 Å². The third-order valence-electron chi connectivity index (χ3n) is 5.67. The van der Waals surface area contributed by atoms with Crippen molar-refractivity contribution in [1.82, 2.24) is 14.2 Å². The van der Waals surface area contributed by atoms with Gasteiger partial charge >= 0.3 is 0 Å². The van der Waals surface area contributed by atoms with E-state index in [0.29, 0.717) is 5.69 Å². The van der Waals surface area contributed by atoms with Crippen LogP contribution in [0.25, 0.3) is 11.3 Å². The zero-order valence-electron chi connectivity index (χ0n) is 18.3. The first-order valence-electron chi connectivity index (χ1n) is 10.5. The molecule has 0 atom stereocenters. The quantitative estimate of drug-likeness (QED) is 0.438. The van der Waals surface area contributed by atoms with Crippen molar-refractivity contribution in [3.63, 3.8) is 0 Å². The number of piperazine rings is 1. The molecule has 1 N–H and O–H groups in total. The van der Waals surface area contributed by atoms with Crippen LogP contribution in [0.4, 0.5) is 5.69 Å². The molecule has 1 amide bonds. The molecule has 1 aliphatic heterocycles. The molecule has 1 aromatic heterocycles. The van der Waals surface area contributed by atoms with Crippen molar-refractivity contribution in [2.24, 2.45) is 0 Å². The normalized spacial score (nSPS) is 14.7. The molecule has 2 aromatic carbocycles. The monoisotopic (exact) mass is 482 g/mol. The molecular weight excluding hydrogens is 460 g/mol. The summed E-state index contributed by atoms with van der Waals surface area (Å²) in [6.45, 7) is 1.96. The molecule has 0 aliphatic carbocycles. The highest BCUT2D eigenvalue weighted by molar-refractivity contribution is 7.89. The highest BCUT2D eigenvalue weighted by atomic mass is 32.2. The van der Waals surface area contributed by atoms with Crippen LogP contribution in [0.3, 0.4) is 0 Å². The molecule has 3 aromatic rings. The van der Waals surface area contributed by atoms with Crippen molar-refractivity contribution in [3.8, 4) is 11.3 Å². The largest absolute Gasteiger partial charge is 0.336 e. The Balaban J connectivity index is 1.49. The number of nitrogens with zero attached hydrogens (tertiary/aromatic N) is 3. The van der Waals surface area contributed by atoms with E-state index in [0.717, 1.165) is 21.5 Å². The van der Waals surface area contributed by atoms with Gasteiger partial charge in [-0.2, -0.15) is 4.31 Å². The van der Waals surface area contributed by atoms with Crippen molar-refractivity contribution >= 4 is 21.6 Å². The van der Waals surface area contributed by atoms with E-state index in [9.17, 15) is 28.1 Å². The molecule has 0 unspecified atom stereocenters. The van der Waals surface area contributed by atoms with Gasteiger partial charge in [-0.15, -0.1) is 0 Å². The minimum absolute atomic E-state index is 0.0357. The van der Waals surface area contributed by atoms with Crippen LogP contribution in [0.2, 0.25) is 0 Å². The minimum atomic E-state index is -4.11. The van der Waals surface area contributed by atoms with Gasteiger partial charge in [0.15, 0.2) is 4.90 Å². The number of aryl methyl sites for hydroxylation is 1. The summed E-state index contributed by atoms with van der Waals surface area (Å²) in [6.07, 6.45) is 0. The van der Waals surface area contributed by atoms with Crippen LogP contribution >= 0.6 is 0 Å². The van der Waals surface area contributed by atoms with Crippen molar-refractivity contribution in [3.05, 3.63) is 92.3 Å². The number of hydrogen-bond donors (Lipinski definition) is 1. The second kappa shape index (κ2) is 9.20. The van der Waals surface area contributed by atoms with Crippen LogP contribution in [0.15, 0.2) is 70.4 Å². The van der Waals surface area contributed by atoms with Gasteiger partial charge in [-0.05, 0) is 36.8 Å². The van der Waals surface area contributed by atoms with Crippen molar-refractivity contribution in [2.45, 2.75) is 11.8 Å². The topological polar surface area (TPSA) is 134 Å². The Morgan fingerprint density at radius 2 is 1.71 bits per heavy atom. The standard InChI is InChI=1S/C23H22N4O6S/c1-16-5-4-6-17(15-16)19-10-9-18(22(28)24-19)23(29)25-11-13-26(14-12-25)34(32,33)21-8-3-2-7-20(21)27(30)31/h2-10,15H,11-14H2,1H3,(H,24,28). The van der Waals surface area contributed by atoms with Crippen LogP contribution in [-0.4, -0.2) is 59.6 Å². The van der Waals surface area contributed by atoms with Gasteiger partial charge < -0.3 is 9.88 Å². The number of amides is 1. The number of nitro groups is 1. The highest BCUT2D eigenvalue weighted by Crippen LogP contribution is 2.27. The summed E-state index contributed by atoms with van der Waals surface area (Å²) in [5.41, 5.74) is 1.38. The number of hydrogen-bond acceptors (Lipinski definition) is 6. The SMILES string of the molecule is Cc1cccc(-c2ccc(C(=O)N3CCN(S(=O)(=O)c4ccccc4[N+](=O)[O-])CC3)c(=O)[nH]2)c1. The molecule has 0 radical (unpaired) electrons. The van der Waals surface area contributed by atoms with Crippen molar-refractivity contribution in [2.75, 3.05) is 26.2 Å². The van der Waals surface area contributed by atoms with E-state index >= 15 is 0 Å². The maximum Gasteiger partial charge on any atom is 0.289 e. The number of carbonyl (C=O) groups is 1. The average Bonchev–Trinajstić information content (AvgIpc) is 2.83. The maximum atomic E-state index is 13.0. The Morgan fingerprint density at radius 3 is 2.35 bits per heavy atom. The lowest BCUT2D eigenvalue weighted by molar-refractivity contribution is -0.387. The number of aromatic amines is 1. The first-order valence-corrected chi connectivity index (χ1v) is 12.0. The first kappa shape index (κ1) is 23.3. The van der Waals surface area contributed by atoms with E-state index < -0.39 is 32.1 Å². The summed E-state index contributed by atoms with van der Waals surface area (Å²) in [5, 5.41) is 11.2. The smallest absolute Gasteiger partial charge is 0.289 e.